The number of ether oxygens (including phenoxy) is 1. The van der Waals surface area contributed by atoms with Crippen LogP contribution in [-0.2, 0) is 9.53 Å². The van der Waals surface area contributed by atoms with E-state index in [1.54, 1.807) is 12.1 Å². The molecule has 4 nitrogen and oxygen atoms in total. The number of piperidine rings is 1. The summed E-state index contributed by atoms with van der Waals surface area (Å²) in [6.45, 7) is 4.66. The Labute approximate surface area is 126 Å². The molecule has 1 aliphatic heterocycles. The molecule has 1 saturated heterocycles. The van der Waals surface area contributed by atoms with E-state index in [4.69, 9.17) is 4.74 Å². The Morgan fingerprint density at radius 3 is 2.62 bits per heavy atom. The number of benzene rings is 1. The highest BCUT2D eigenvalue weighted by Crippen LogP contribution is 2.19. The van der Waals surface area contributed by atoms with Crippen LogP contribution < -0.4 is 0 Å². The van der Waals surface area contributed by atoms with Crippen LogP contribution in [-0.4, -0.2) is 36.0 Å². The number of esters is 1. The Kier molecular flexibility index (Phi) is 5.37. The normalized spacial score (nSPS) is 18.4. The van der Waals surface area contributed by atoms with Gasteiger partial charge in [-0.3, -0.25) is 4.79 Å². The van der Waals surface area contributed by atoms with E-state index in [0.29, 0.717) is 11.6 Å². The number of carbonyl (C=O) groups is 2. The minimum atomic E-state index is -0.437. The van der Waals surface area contributed by atoms with Gasteiger partial charge in [0.2, 0.25) is 0 Å². The fourth-order valence-corrected chi connectivity index (χ4v) is 2.74. The summed E-state index contributed by atoms with van der Waals surface area (Å²) in [6, 6.07) is 7.45. The van der Waals surface area contributed by atoms with Crippen LogP contribution in [0.5, 0.6) is 0 Å². The van der Waals surface area contributed by atoms with Crippen molar-refractivity contribution in [2.24, 2.45) is 0 Å². The van der Waals surface area contributed by atoms with Crippen molar-refractivity contribution in [2.45, 2.75) is 45.6 Å². The molecule has 1 heterocycles. The summed E-state index contributed by atoms with van der Waals surface area (Å²) in [5.74, 6) is -0.518. The molecule has 0 bridgehead atoms. The van der Waals surface area contributed by atoms with Crippen molar-refractivity contribution in [3.05, 3.63) is 35.4 Å². The van der Waals surface area contributed by atoms with Gasteiger partial charge >= 0.3 is 5.97 Å². The summed E-state index contributed by atoms with van der Waals surface area (Å²) >= 11 is 0. The zero-order valence-electron chi connectivity index (χ0n) is 12.8. The summed E-state index contributed by atoms with van der Waals surface area (Å²) in [6.07, 6.45) is 4.21. The van der Waals surface area contributed by atoms with E-state index in [1.807, 2.05) is 24.0 Å². The zero-order chi connectivity index (χ0) is 15.2. The van der Waals surface area contributed by atoms with Crippen LogP contribution >= 0.6 is 0 Å². The van der Waals surface area contributed by atoms with Gasteiger partial charge in [0.25, 0.3) is 5.91 Å². The van der Waals surface area contributed by atoms with Gasteiger partial charge in [0.1, 0.15) is 0 Å². The minimum Gasteiger partial charge on any atom is -0.452 e. The van der Waals surface area contributed by atoms with Gasteiger partial charge in [0, 0.05) is 12.6 Å². The Hall–Kier alpha value is -1.84. The van der Waals surface area contributed by atoms with Gasteiger partial charge in [0.15, 0.2) is 6.61 Å². The molecule has 114 valence electrons. The first-order valence-corrected chi connectivity index (χ1v) is 7.65. The third kappa shape index (κ3) is 4.06. The molecular formula is C17H23NO3. The molecule has 1 amide bonds. The molecule has 0 N–H and O–H groups in total. The first-order chi connectivity index (χ1) is 10.1. The second-order valence-corrected chi connectivity index (χ2v) is 5.59. The second-order valence-electron chi connectivity index (χ2n) is 5.59. The Morgan fingerprint density at radius 1 is 1.24 bits per heavy atom. The van der Waals surface area contributed by atoms with Gasteiger partial charge in [0.05, 0.1) is 5.56 Å². The number of aryl methyl sites for hydroxylation is 1. The van der Waals surface area contributed by atoms with E-state index in [1.165, 1.54) is 6.42 Å². The maximum absolute atomic E-state index is 12.2. The van der Waals surface area contributed by atoms with Crippen LogP contribution in [0.25, 0.3) is 0 Å². The van der Waals surface area contributed by atoms with Crippen molar-refractivity contribution in [2.75, 3.05) is 13.2 Å². The fraction of sp³-hybridized carbons (Fsp3) is 0.529. The Balaban J connectivity index is 1.88. The number of likely N-dealkylation sites (tertiary alicyclic amines) is 1. The number of carbonyl (C=O) groups excluding carboxylic acids is 2. The molecule has 1 fully saturated rings. The lowest BCUT2D eigenvalue weighted by molar-refractivity contribution is -0.138. The van der Waals surface area contributed by atoms with E-state index in [9.17, 15) is 9.59 Å². The molecule has 1 aliphatic rings. The van der Waals surface area contributed by atoms with E-state index >= 15 is 0 Å². The van der Waals surface area contributed by atoms with Crippen molar-refractivity contribution in [3.8, 4) is 0 Å². The van der Waals surface area contributed by atoms with Gasteiger partial charge in [-0.15, -0.1) is 0 Å². The molecular weight excluding hydrogens is 266 g/mol. The topological polar surface area (TPSA) is 46.6 Å². The quantitative estimate of drug-likeness (QED) is 0.801. The molecule has 2 rings (SSSR count). The van der Waals surface area contributed by atoms with Crippen LogP contribution in [0.15, 0.2) is 24.3 Å². The molecule has 1 atom stereocenters. The number of amides is 1. The number of hydrogen-bond donors (Lipinski definition) is 0. The number of hydrogen-bond acceptors (Lipinski definition) is 3. The van der Waals surface area contributed by atoms with Crippen LogP contribution in [0, 0.1) is 6.92 Å². The zero-order valence-corrected chi connectivity index (χ0v) is 12.8. The third-order valence-corrected chi connectivity index (χ3v) is 4.03. The van der Waals surface area contributed by atoms with E-state index in [-0.39, 0.29) is 12.5 Å². The lowest BCUT2D eigenvalue weighted by Crippen LogP contribution is -2.45. The number of nitrogens with zero attached hydrogens (tertiary/aromatic N) is 1. The maximum Gasteiger partial charge on any atom is 0.338 e. The smallest absolute Gasteiger partial charge is 0.338 e. The van der Waals surface area contributed by atoms with Gasteiger partial charge < -0.3 is 9.64 Å². The molecule has 0 aliphatic carbocycles. The molecule has 1 aromatic carbocycles. The predicted molar refractivity (Wildman–Crippen MR) is 81.1 cm³/mol. The van der Waals surface area contributed by atoms with Crippen LogP contribution in [0.2, 0.25) is 0 Å². The van der Waals surface area contributed by atoms with Crippen LogP contribution in [0.4, 0.5) is 0 Å². The Bertz CT molecular complexity index is 495. The van der Waals surface area contributed by atoms with Crippen molar-refractivity contribution in [1.82, 2.24) is 4.90 Å². The maximum atomic E-state index is 12.2. The first kappa shape index (κ1) is 15.5. The van der Waals surface area contributed by atoms with Crippen molar-refractivity contribution in [3.63, 3.8) is 0 Å². The Morgan fingerprint density at radius 2 is 1.95 bits per heavy atom. The minimum absolute atomic E-state index is 0.0815. The summed E-state index contributed by atoms with van der Waals surface area (Å²) in [4.78, 5) is 26.0. The number of rotatable bonds is 4. The molecule has 4 heteroatoms. The van der Waals surface area contributed by atoms with Gasteiger partial charge in [-0.25, -0.2) is 4.79 Å². The highest BCUT2D eigenvalue weighted by molar-refractivity contribution is 5.91. The van der Waals surface area contributed by atoms with Crippen LogP contribution in [0.3, 0.4) is 0 Å². The van der Waals surface area contributed by atoms with E-state index < -0.39 is 5.97 Å². The predicted octanol–water partition coefficient (Wildman–Crippen LogP) is 2.94. The molecule has 0 spiro atoms. The molecule has 0 aromatic heterocycles. The first-order valence-electron chi connectivity index (χ1n) is 7.65. The summed E-state index contributed by atoms with van der Waals surface area (Å²) in [7, 11) is 0. The average molecular weight is 289 g/mol. The lowest BCUT2D eigenvalue weighted by atomic mass is 10.00. The molecule has 21 heavy (non-hydrogen) atoms. The van der Waals surface area contributed by atoms with Crippen molar-refractivity contribution < 1.29 is 14.3 Å². The van der Waals surface area contributed by atoms with E-state index in [0.717, 1.165) is 31.4 Å². The summed E-state index contributed by atoms with van der Waals surface area (Å²) in [5, 5.41) is 0. The SMILES string of the molecule is CCC1CCCCN1C(=O)COC(=O)c1ccc(C)cc1. The fourth-order valence-electron chi connectivity index (χ4n) is 2.74. The standard InChI is InChI=1S/C17H23NO3/c1-3-15-6-4-5-11-18(15)16(19)12-21-17(20)14-9-7-13(2)8-10-14/h7-10,15H,3-6,11-12H2,1-2H3. The van der Waals surface area contributed by atoms with Gasteiger partial charge in [-0.2, -0.15) is 0 Å². The third-order valence-electron chi connectivity index (χ3n) is 4.03. The summed E-state index contributed by atoms with van der Waals surface area (Å²) in [5.41, 5.74) is 1.57. The van der Waals surface area contributed by atoms with Crippen molar-refractivity contribution in [1.29, 1.82) is 0 Å². The lowest BCUT2D eigenvalue weighted by Gasteiger charge is -2.35. The molecule has 0 saturated carbocycles. The average Bonchev–Trinajstić information content (AvgIpc) is 2.52. The van der Waals surface area contributed by atoms with Crippen LogP contribution in [0.1, 0.15) is 48.5 Å². The molecule has 1 aromatic rings. The highest BCUT2D eigenvalue weighted by atomic mass is 16.5. The monoisotopic (exact) mass is 289 g/mol. The van der Waals surface area contributed by atoms with Gasteiger partial charge in [-0.05, 0) is 44.7 Å². The van der Waals surface area contributed by atoms with Crippen molar-refractivity contribution >= 4 is 11.9 Å². The largest absolute Gasteiger partial charge is 0.452 e. The molecule has 1 unspecified atom stereocenters. The van der Waals surface area contributed by atoms with Gasteiger partial charge in [-0.1, -0.05) is 24.6 Å². The summed E-state index contributed by atoms with van der Waals surface area (Å²) < 4.78 is 5.15. The molecule has 0 radical (unpaired) electrons. The second kappa shape index (κ2) is 7.25. The highest BCUT2D eigenvalue weighted by Gasteiger charge is 2.25. The van der Waals surface area contributed by atoms with E-state index in [2.05, 4.69) is 6.92 Å².